The first-order chi connectivity index (χ1) is 12.1. The summed E-state index contributed by atoms with van der Waals surface area (Å²) in [4.78, 5) is 57.7. The van der Waals surface area contributed by atoms with E-state index in [0.29, 0.717) is 6.42 Å². The van der Waals surface area contributed by atoms with Crippen molar-refractivity contribution in [2.45, 2.75) is 45.2 Å². The zero-order valence-electron chi connectivity index (χ0n) is 14.9. The average molecular weight is 373 g/mol. The van der Waals surface area contributed by atoms with E-state index in [4.69, 9.17) is 16.6 Å². The van der Waals surface area contributed by atoms with Crippen molar-refractivity contribution in [2.24, 2.45) is 17.4 Å². The fraction of sp³-hybridized carbons (Fsp3) is 0.667. The van der Waals surface area contributed by atoms with E-state index in [1.165, 1.54) is 0 Å². The molecule has 148 valence electrons. The van der Waals surface area contributed by atoms with Gasteiger partial charge in [-0.2, -0.15) is 0 Å². The molecule has 0 aromatic heterocycles. The van der Waals surface area contributed by atoms with Gasteiger partial charge in [-0.15, -0.1) is 0 Å². The summed E-state index contributed by atoms with van der Waals surface area (Å²) in [7, 11) is 0. The summed E-state index contributed by atoms with van der Waals surface area (Å²) < 4.78 is 0. The standard InChI is InChI=1S/C15H27N5O6/c1-3-8(2)13(20-11(22)6-16)15(26)19-9(4-5-10(17)21)14(25)18-7-12(23)24/h8-9,13H,3-7,16H2,1-2H3,(H2,17,21)(H,18,25)(H,19,26)(H,20,22)(H,23,24). The van der Waals surface area contributed by atoms with Crippen LogP contribution in [-0.4, -0.2) is 59.9 Å². The van der Waals surface area contributed by atoms with Gasteiger partial charge >= 0.3 is 5.97 Å². The largest absolute Gasteiger partial charge is 0.480 e. The highest BCUT2D eigenvalue weighted by atomic mass is 16.4. The molecule has 3 atom stereocenters. The van der Waals surface area contributed by atoms with Crippen LogP contribution in [0.5, 0.6) is 0 Å². The molecule has 0 aliphatic carbocycles. The Morgan fingerprint density at radius 1 is 1.08 bits per heavy atom. The van der Waals surface area contributed by atoms with Gasteiger partial charge in [0.15, 0.2) is 0 Å². The highest BCUT2D eigenvalue weighted by Crippen LogP contribution is 2.09. The number of carbonyl (C=O) groups excluding carboxylic acids is 4. The van der Waals surface area contributed by atoms with Crippen LogP contribution >= 0.6 is 0 Å². The van der Waals surface area contributed by atoms with E-state index in [1.807, 2.05) is 6.92 Å². The number of carboxylic acid groups (broad SMARTS) is 1. The predicted molar refractivity (Wildman–Crippen MR) is 91.4 cm³/mol. The molecule has 0 fully saturated rings. The maximum atomic E-state index is 12.5. The number of carboxylic acids is 1. The minimum atomic E-state index is -1.26. The van der Waals surface area contributed by atoms with Gasteiger partial charge in [0, 0.05) is 6.42 Å². The maximum absolute atomic E-state index is 12.5. The summed E-state index contributed by atoms with van der Waals surface area (Å²) in [5, 5.41) is 15.7. The first-order valence-electron chi connectivity index (χ1n) is 8.19. The van der Waals surface area contributed by atoms with Gasteiger partial charge < -0.3 is 32.5 Å². The Labute approximate surface area is 151 Å². The number of nitrogens with two attached hydrogens (primary N) is 2. The molecule has 26 heavy (non-hydrogen) atoms. The molecule has 0 spiro atoms. The Bertz CT molecular complexity index is 539. The first kappa shape index (κ1) is 23.3. The van der Waals surface area contributed by atoms with Crippen LogP contribution in [0.2, 0.25) is 0 Å². The van der Waals surface area contributed by atoms with Crippen molar-refractivity contribution < 1.29 is 29.1 Å². The summed E-state index contributed by atoms with van der Waals surface area (Å²) in [6.07, 6.45) is 0.277. The van der Waals surface area contributed by atoms with Gasteiger partial charge in [-0.1, -0.05) is 20.3 Å². The van der Waals surface area contributed by atoms with E-state index in [1.54, 1.807) is 6.92 Å². The molecule has 0 radical (unpaired) electrons. The lowest BCUT2D eigenvalue weighted by molar-refractivity contribution is -0.138. The Morgan fingerprint density at radius 2 is 1.69 bits per heavy atom. The van der Waals surface area contributed by atoms with Crippen molar-refractivity contribution in [1.82, 2.24) is 16.0 Å². The molecule has 0 aromatic rings. The van der Waals surface area contributed by atoms with Crippen molar-refractivity contribution in [2.75, 3.05) is 13.1 Å². The summed E-state index contributed by atoms with van der Waals surface area (Å²) in [5.74, 6) is -4.12. The second-order valence-corrected chi connectivity index (χ2v) is 5.81. The molecule has 0 heterocycles. The minimum absolute atomic E-state index is 0.107. The zero-order valence-corrected chi connectivity index (χ0v) is 14.9. The van der Waals surface area contributed by atoms with Gasteiger partial charge in [0.25, 0.3) is 0 Å². The number of primary amides is 1. The lowest BCUT2D eigenvalue weighted by Gasteiger charge is -2.26. The molecule has 3 unspecified atom stereocenters. The Balaban J connectivity index is 5.17. The monoisotopic (exact) mass is 373 g/mol. The number of nitrogens with one attached hydrogen (secondary N) is 3. The van der Waals surface area contributed by atoms with Crippen molar-refractivity contribution in [3.63, 3.8) is 0 Å². The summed E-state index contributed by atoms with van der Waals surface area (Å²) >= 11 is 0. The van der Waals surface area contributed by atoms with Gasteiger partial charge in [-0.25, -0.2) is 0 Å². The number of hydrogen-bond donors (Lipinski definition) is 6. The summed E-state index contributed by atoms with van der Waals surface area (Å²) in [5.41, 5.74) is 10.3. The number of rotatable bonds is 12. The van der Waals surface area contributed by atoms with E-state index < -0.39 is 48.2 Å². The van der Waals surface area contributed by atoms with Crippen LogP contribution in [0.15, 0.2) is 0 Å². The summed E-state index contributed by atoms with van der Waals surface area (Å²) in [6, 6.07) is -2.10. The fourth-order valence-corrected chi connectivity index (χ4v) is 2.04. The Kier molecular flexibility index (Phi) is 10.6. The van der Waals surface area contributed by atoms with Crippen molar-refractivity contribution in [3.8, 4) is 0 Å². The van der Waals surface area contributed by atoms with Crippen LogP contribution in [0, 0.1) is 5.92 Å². The van der Waals surface area contributed by atoms with Gasteiger partial charge in [-0.05, 0) is 12.3 Å². The van der Waals surface area contributed by atoms with E-state index >= 15 is 0 Å². The van der Waals surface area contributed by atoms with Gasteiger partial charge in [0.2, 0.25) is 23.6 Å². The van der Waals surface area contributed by atoms with Gasteiger partial charge in [0.05, 0.1) is 6.54 Å². The van der Waals surface area contributed by atoms with Crippen LogP contribution < -0.4 is 27.4 Å². The maximum Gasteiger partial charge on any atom is 0.322 e. The summed E-state index contributed by atoms with van der Waals surface area (Å²) in [6.45, 7) is 2.62. The number of carbonyl (C=O) groups is 5. The third-order valence-corrected chi connectivity index (χ3v) is 3.72. The van der Waals surface area contributed by atoms with Crippen molar-refractivity contribution >= 4 is 29.6 Å². The number of hydrogen-bond acceptors (Lipinski definition) is 6. The first-order valence-corrected chi connectivity index (χ1v) is 8.19. The SMILES string of the molecule is CCC(C)C(NC(=O)CN)C(=O)NC(CCC(N)=O)C(=O)NCC(=O)O. The molecular weight excluding hydrogens is 346 g/mol. The predicted octanol–water partition coefficient (Wildman–Crippen LogP) is -2.57. The molecule has 0 saturated heterocycles. The minimum Gasteiger partial charge on any atom is -0.480 e. The highest BCUT2D eigenvalue weighted by molar-refractivity contribution is 5.93. The van der Waals surface area contributed by atoms with Crippen molar-refractivity contribution in [1.29, 1.82) is 0 Å². The molecule has 0 aromatic carbocycles. The number of aliphatic carboxylic acids is 1. The lowest BCUT2D eigenvalue weighted by atomic mass is 9.97. The average Bonchev–Trinajstić information content (AvgIpc) is 2.59. The van der Waals surface area contributed by atoms with Crippen LogP contribution in [0.25, 0.3) is 0 Å². The smallest absolute Gasteiger partial charge is 0.322 e. The van der Waals surface area contributed by atoms with Crippen molar-refractivity contribution in [3.05, 3.63) is 0 Å². The van der Waals surface area contributed by atoms with Crippen LogP contribution in [0.3, 0.4) is 0 Å². The quantitative estimate of drug-likeness (QED) is 0.216. The Hall–Kier alpha value is -2.69. The fourth-order valence-electron chi connectivity index (χ4n) is 2.04. The third-order valence-electron chi connectivity index (χ3n) is 3.72. The van der Waals surface area contributed by atoms with Gasteiger partial charge in [0.1, 0.15) is 18.6 Å². The molecule has 0 saturated carbocycles. The molecule has 0 aliphatic heterocycles. The van der Waals surface area contributed by atoms with Crippen LogP contribution in [0.4, 0.5) is 0 Å². The molecular formula is C15H27N5O6. The second-order valence-electron chi connectivity index (χ2n) is 5.81. The topological polar surface area (TPSA) is 194 Å². The lowest BCUT2D eigenvalue weighted by Crippen LogP contribution is -2.56. The highest BCUT2D eigenvalue weighted by Gasteiger charge is 2.29. The van der Waals surface area contributed by atoms with E-state index in [-0.39, 0.29) is 25.3 Å². The molecule has 4 amide bonds. The Morgan fingerprint density at radius 3 is 2.15 bits per heavy atom. The zero-order chi connectivity index (χ0) is 20.3. The second kappa shape index (κ2) is 11.8. The number of amides is 4. The normalized spacial score (nSPS) is 13.8. The molecule has 11 nitrogen and oxygen atoms in total. The molecule has 11 heteroatoms. The van der Waals surface area contributed by atoms with Crippen LogP contribution in [0.1, 0.15) is 33.1 Å². The third kappa shape index (κ3) is 8.97. The van der Waals surface area contributed by atoms with Crippen LogP contribution in [-0.2, 0) is 24.0 Å². The molecule has 0 rings (SSSR count). The molecule has 8 N–H and O–H groups in total. The molecule has 0 bridgehead atoms. The van der Waals surface area contributed by atoms with E-state index in [0.717, 1.165) is 0 Å². The van der Waals surface area contributed by atoms with Gasteiger partial charge in [-0.3, -0.25) is 24.0 Å². The van der Waals surface area contributed by atoms with E-state index in [9.17, 15) is 24.0 Å². The van der Waals surface area contributed by atoms with E-state index in [2.05, 4.69) is 16.0 Å². The molecule has 0 aliphatic rings.